The molecule has 6 heteroatoms. The summed E-state index contributed by atoms with van der Waals surface area (Å²) in [6.45, 7) is -0.0666. The number of aromatic amines is 1. The minimum atomic E-state index is -0.562. The Morgan fingerprint density at radius 3 is 2.75 bits per heavy atom. The van der Waals surface area contributed by atoms with Crippen LogP contribution in [0.3, 0.4) is 0 Å². The van der Waals surface area contributed by atoms with Gasteiger partial charge in [-0.15, -0.1) is 0 Å². The van der Waals surface area contributed by atoms with Crippen molar-refractivity contribution in [1.82, 2.24) is 15.5 Å². The van der Waals surface area contributed by atoms with Gasteiger partial charge in [-0.05, 0) is 31.1 Å². The highest BCUT2D eigenvalue weighted by Crippen LogP contribution is 2.47. The molecular weight excluding hydrogens is 258 g/mol. The molecule has 0 aromatic carbocycles. The fourth-order valence-corrected chi connectivity index (χ4v) is 3.80. The van der Waals surface area contributed by atoms with Gasteiger partial charge in [-0.2, -0.15) is 5.10 Å². The first-order valence-corrected chi connectivity index (χ1v) is 7.11. The number of H-pyrrole nitrogens is 1. The molecule has 0 aliphatic heterocycles. The summed E-state index contributed by atoms with van der Waals surface area (Å²) < 4.78 is 0. The number of hydrogen-bond acceptors (Lipinski definition) is 4. The van der Waals surface area contributed by atoms with Crippen LogP contribution in [0.25, 0.3) is 0 Å². The average molecular weight is 277 g/mol. The molecule has 2 bridgehead atoms. The lowest BCUT2D eigenvalue weighted by atomic mass is 9.60. The van der Waals surface area contributed by atoms with E-state index in [9.17, 15) is 14.7 Å². The minimum absolute atomic E-state index is 0.0503. The highest BCUT2D eigenvalue weighted by molar-refractivity contribution is 5.94. The largest absolute Gasteiger partial charge is 0.394 e. The van der Waals surface area contributed by atoms with Crippen molar-refractivity contribution >= 4 is 5.91 Å². The number of amides is 1. The lowest BCUT2D eigenvalue weighted by Gasteiger charge is -2.51. The molecule has 3 aliphatic rings. The van der Waals surface area contributed by atoms with Gasteiger partial charge in [-0.25, -0.2) is 0 Å². The van der Waals surface area contributed by atoms with Crippen molar-refractivity contribution in [3.05, 3.63) is 28.2 Å². The molecule has 1 unspecified atom stereocenters. The third-order valence-corrected chi connectivity index (χ3v) is 4.90. The second-order valence-corrected chi connectivity index (χ2v) is 6.00. The number of rotatable bonds is 3. The summed E-state index contributed by atoms with van der Waals surface area (Å²) in [6, 6.07) is 0. The van der Waals surface area contributed by atoms with Crippen LogP contribution in [0.15, 0.2) is 17.2 Å². The van der Waals surface area contributed by atoms with Gasteiger partial charge in [0.2, 0.25) is 5.43 Å². The number of aromatic nitrogens is 2. The number of nitrogens with one attached hydrogen (secondary N) is 2. The number of carbonyl (C=O) groups is 1. The van der Waals surface area contributed by atoms with Gasteiger partial charge in [0, 0.05) is 6.20 Å². The molecule has 108 valence electrons. The Bertz CT molecular complexity index is 563. The molecule has 4 rings (SSSR count). The van der Waals surface area contributed by atoms with Crippen LogP contribution in [-0.4, -0.2) is 33.4 Å². The molecule has 3 aliphatic carbocycles. The molecule has 1 aromatic heterocycles. The topological polar surface area (TPSA) is 95.1 Å². The van der Waals surface area contributed by atoms with Crippen LogP contribution < -0.4 is 10.7 Å². The number of nitrogens with zero attached hydrogens (tertiary/aromatic N) is 1. The molecule has 0 spiro atoms. The van der Waals surface area contributed by atoms with Crippen LogP contribution in [-0.2, 0) is 0 Å². The summed E-state index contributed by atoms with van der Waals surface area (Å²) in [7, 11) is 0. The predicted molar refractivity (Wildman–Crippen MR) is 72.2 cm³/mol. The third-order valence-electron chi connectivity index (χ3n) is 4.90. The first-order valence-electron chi connectivity index (χ1n) is 7.11. The molecule has 6 nitrogen and oxygen atoms in total. The van der Waals surface area contributed by atoms with Crippen LogP contribution >= 0.6 is 0 Å². The fraction of sp³-hybridized carbons (Fsp3) is 0.643. The number of fused-ring (bicyclic) bond motifs is 3. The SMILES string of the molecule is O=C(NC1(CO)CC2CCC1CC2)c1c[nH]ncc1=O. The smallest absolute Gasteiger partial charge is 0.257 e. The molecule has 1 heterocycles. The quantitative estimate of drug-likeness (QED) is 0.747. The van der Waals surface area contributed by atoms with E-state index < -0.39 is 16.9 Å². The average Bonchev–Trinajstić information content (AvgIpc) is 2.48. The molecule has 1 atom stereocenters. The molecule has 1 aromatic rings. The maximum Gasteiger partial charge on any atom is 0.257 e. The molecule has 1 amide bonds. The fourth-order valence-electron chi connectivity index (χ4n) is 3.80. The zero-order valence-corrected chi connectivity index (χ0v) is 11.3. The summed E-state index contributed by atoms with van der Waals surface area (Å²) >= 11 is 0. The van der Waals surface area contributed by atoms with E-state index in [0.717, 1.165) is 25.5 Å². The molecule has 3 saturated carbocycles. The maximum absolute atomic E-state index is 12.3. The lowest BCUT2D eigenvalue weighted by molar-refractivity contribution is 0.00167. The Labute approximate surface area is 116 Å². The van der Waals surface area contributed by atoms with Crippen molar-refractivity contribution in [1.29, 1.82) is 0 Å². The van der Waals surface area contributed by atoms with E-state index >= 15 is 0 Å². The molecule has 3 fully saturated rings. The van der Waals surface area contributed by atoms with Crippen molar-refractivity contribution in [2.75, 3.05) is 6.61 Å². The normalized spacial score (nSPS) is 32.0. The first-order chi connectivity index (χ1) is 9.64. The van der Waals surface area contributed by atoms with E-state index in [1.807, 2.05) is 0 Å². The van der Waals surface area contributed by atoms with Gasteiger partial charge in [0.15, 0.2) is 0 Å². The van der Waals surface area contributed by atoms with Crippen LogP contribution in [0, 0.1) is 11.8 Å². The second kappa shape index (κ2) is 5.01. The summed E-state index contributed by atoms with van der Waals surface area (Å²) in [6.07, 6.45) is 7.65. The van der Waals surface area contributed by atoms with E-state index in [1.165, 1.54) is 19.0 Å². The Kier molecular flexibility index (Phi) is 3.33. The van der Waals surface area contributed by atoms with Gasteiger partial charge in [-0.1, -0.05) is 12.8 Å². The van der Waals surface area contributed by atoms with Gasteiger partial charge in [-0.3, -0.25) is 14.7 Å². The monoisotopic (exact) mass is 277 g/mol. The molecule has 0 radical (unpaired) electrons. The number of aliphatic hydroxyl groups is 1. The number of hydrogen-bond donors (Lipinski definition) is 3. The summed E-state index contributed by atoms with van der Waals surface area (Å²) in [5.41, 5.74) is -0.918. The Hall–Kier alpha value is -1.69. The van der Waals surface area contributed by atoms with Gasteiger partial charge in [0.05, 0.1) is 18.3 Å². The van der Waals surface area contributed by atoms with Crippen LogP contribution in [0.2, 0.25) is 0 Å². The Morgan fingerprint density at radius 2 is 2.20 bits per heavy atom. The van der Waals surface area contributed by atoms with Crippen molar-refractivity contribution < 1.29 is 9.90 Å². The van der Waals surface area contributed by atoms with E-state index in [2.05, 4.69) is 15.5 Å². The van der Waals surface area contributed by atoms with Crippen molar-refractivity contribution in [2.45, 2.75) is 37.6 Å². The zero-order valence-electron chi connectivity index (χ0n) is 11.3. The highest BCUT2D eigenvalue weighted by Gasteiger charge is 2.48. The molecule has 20 heavy (non-hydrogen) atoms. The maximum atomic E-state index is 12.3. The van der Waals surface area contributed by atoms with E-state index in [0.29, 0.717) is 11.8 Å². The van der Waals surface area contributed by atoms with Crippen molar-refractivity contribution in [3.8, 4) is 0 Å². The zero-order chi connectivity index (χ0) is 14.2. The first kappa shape index (κ1) is 13.3. The van der Waals surface area contributed by atoms with E-state index in [1.54, 1.807) is 0 Å². The number of carbonyl (C=O) groups excluding carboxylic acids is 1. The van der Waals surface area contributed by atoms with Gasteiger partial charge >= 0.3 is 0 Å². The molecule has 0 saturated heterocycles. The minimum Gasteiger partial charge on any atom is -0.394 e. The van der Waals surface area contributed by atoms with Gasteiger partial charge in [0.1, 0.15) is 5.56 Å². The highest BCUT2D eigenvalue weighted by atomic mass is 16.3. The Balaban J connectivity index is 1.84. The van der Waals surface area contributed by atoms with Gasteiger partial charge in [0.25, 0.3) is 5.91 Å². The van der Waals surface area contributed by atoms with Crippen LogP contribution in [0.1, 0.15) is 42.5 Å². The summed E-state index contributed by atoms with van der Waals surface area (Å²) in [5.74, 6) is 0.459. The van der Waals surface area contributed by atoms with Crippen LogP contribution in [0.5, 0.6) is 0 Å². The van der Waals surface area contributed by atoms with Crippen LogP contribution in [0.4, 0.5) is 0 Å². The third kappa shape index (κ3) is 2.14. The number of aliphatic hydroxyl groups excluding tert-OH is 1. The molecule has 3 N–H and O–H groups in total. The molecular formula is C14H19N3O3. The van der Waals surface area contributed by atoms with Crippen molar-refractivity contribution in [3.63, 3.8) is 0 Å². The second-order valence-electron chi connectivity index (χ2n) is 6.00. The predicted octanol–water partition coefficient (Wildman–Crippen LogP) is 0.441. The van der Waals surface area contributed by atoms with E-state index in [-0.39, 0.29) is 12.2 Å². The Morgan fingerprint density at radius 1 is 1.45 bits per heavy atom. The summed E-state index contributed by atoms with van der Waals surface area (Å²) in [4.78, 5) is 24.0. The van der Waals surface area contributed by atoms with Gasteiger partial charge < -0.3 is 10.4 Å². The standard InChI is InChI=1S/C14H19N3O3/c18-8-14(5-9-1-3-10(14)4-2-9)17-13(20)11-6-15-16-7-12(11)19/h6-7,9-10,18H,1-5,8H2,(H,15,19)(H,17,20). The summed E-state index contributed by atoms with van der Waals surface area (Å²) in [5, 5.41) is 18.8. The van der Waals surface area contributed by atoms with E-state index in [4.69, 9.17) is 0 Å². The van der Waals surface area contributed by atoms with Crippen molar-refractivity contribution in [2.24, 2.45) is 11.8 Å². The lowest BCUT2D eigenvalue weighted by Crippen LogP contribution is -2.61.